The van der Waals surface area contributed by atoms with Crippen molar-refractivity contribution >= 4 is 11.7 Å². The Morgan fingerprint density at radius 2 is 1.97 bits per heavy atom. The van der Waals surface area contributed by atoms with Crippen LogP contribution in [0.25, 0.3) is 0 Å². The monoisotopic (exact) mass is 450 g/mol. The molecule has 8 nitrogen and oxygen atoms in total. The molecule has 0 aliphatic carbocycles. The number of rotatable bonds is 8. The predicted molar refractivity (Wildman–Crippen MR) is 129 cm³/mol. The van der Waals surface area contributed by atoms with Crippen molar-refractivity contribution in [2.45, 2.75) is 44.9 Å². The van der Waals surface area contributed by atoms with Crippen LogP contribution in [0.5, 0.6) is 0 Å². The van der Waals surface area contributed by atoms with Crippen LogP contribution in [0.1, 0.15) is 41.4 Å². The number of hydrogen-bond acceptors (Lipinski definition) is 7. The van der Waals surface area contributed by atoms with Crippen molar-refractivity contribution in [2.75, 3.05) is 38.0 Å². The molecule has 1 fully saturated rings. The van der Waals surface area contributed by atoms with E-state index in [0.717, 1.165) is 51.1 Å². The maximum Gasteiger partial charge on any atom is 0.270 e. The van der Waals surface area contributed by atoms with E-state index in [1.165, 1.54) is 17.5 Å². The molecule has 2 aliphatic heterocycles. The van der Waals surface area contributed by atoms with E-state index in [4.69, 9.17) is 0 Å². The minimum absolute atomic E-state index is 0.184. The zero-order valence-electron chi connectivity index (χ0n) is 19.3. The summed E-state index contributed by atoms with van der Waals surface area (Å²) in [6.45, 7) is 10.4. The summed E-state index contributed by atoms with van der Waals surface area (Å²) in [6, 6.07) is 10.4. The van der Waals surface area contributed by atoms with E-state index < -0.39 is 6.10 Å². The van der Waals surface area contributed by atoms with E-state index in [-0.39, 0.29) is 12.5 Å². The number of benzene rings is 1. The van der Waals surface area contributed by atoms with E-state index in [1.807, 2.05) is 6.92 Å². The van der Waals surface area contributed by atoms with E-state index in [9.17, 15) is 9.90 Å². The van der Waals surface area contributed by atoms with Gasteiger partial charge in [0.15, 0.2) is 0 Å². The normalized spacial score (nSPS) is 17.8. The molecule has 3 heterocycles. The number of fused-ring (bicyclic) bond motifs is 1. The number of nitrogens with one attached hydrogen (secondary N) is 2. The summed E-state index contributed by atoms with van der Waals surface area (Å²) in [5.74, 6) is 0.344. The molecule has 1 saturated heterocycles. The fraction of sp³-hybridized carbons (Fsp3) is 0.480. The topological polar surface area (TPSA) is 93.6 Å². The second-order valence-corrected chi connectivity index (χ2v) is 9.05. The second kappa shape index (κ2) is 10.8. The van der Waals surface area contributed by atoms with Crippen LogP contribution in [0.4, 0.5) is 5.82 Å². The molecule has 1 amide bonds. The van der Waals surface area contributed by atoms with Gasteiger partial charge in [-0.05, 0) is 37.3 Å². The van der Waals surface area contributed by atoms with Crippen molar-refractivity contribution < 1.29 is 9.90 Å². The number of β-amino-alcohol motifs (C(OH)–C–C–N with tert-alkyl or cyclic N) is 1. The highest BCUT2D eigenvalue weighted by Crippen LogP contribution is 2.19. The van der Waals surface area contributed by atoms with Gasteiger partial charge in [-0.2, -0.15) is 0 Å². The van der Waals surface area contributed by atoms with Gasteiger partial charge in [-0.1, -0.05) is 30.8 Å². The predicted octanol–water partition coefficient (Wildman–Crippen LogP) is 2.04. The lowest BCUT2D eigenvalue weighted by Gasteiger charge is -2.34. The van der Waals surface area contributed by atoms with Gasteiger partial charge in [-0.15, -0.1) is 0 Å². The van der Waals surface area contributed by atoms with Crippen molar-refractivity contribution in [3.8, 4) is 0 Å². The first-order valence-electron chi connectivity index (χ1n) is 11.7. The van der Waals surface area contributed by atoms with Crippen LogP contribution >= 0.6 is 0 Å². The van der Waals surface area contributed by atoms with Crippen molar-refractivity contribution in [1.82, 2.24) is 25.1 Å². The SMILES string of the molecule is C=C(C)N1CCC(Nc2cc(C(=O)NCC(O)CN3CCc4ccccc4C3)ncn2)CC1. The zero-order chi connectivity index (χ0) is 23.2. The molecule has 0 saturated carbocycles. The number of allylic oxidation sites excluding steroid dienone is 1. The molecule has 3 N–H and O–H groups in total. The molecule has 33 heavy (non-hydrogen) atoms. The van der Waals surface area contributed by atoms with Crippen molar-refractivity contribution in [3.05, 3.63) is 65.8 Å². The number of amides is 1. The number of aliphatic hydroxyl groups is 1. The van der Waals surface area contributed by atoms with Gasteiger partial charge in [0, 0.05) is 57.1 Å². The smallest absolute Gasteiger partial charge is 0.270 e. The summed E-state index contributed by atoms with van der Waals surface area (Å²) >= 11 is 0. The van der Waals surface area contributed by atoms with E-state index in [1.54, 1.807) is 6.07 Å². The highest BCUT2D eigenvalue weighted by atomic mass is 16.3. The minimum atomic E-state index is -0.642. The third-order valence-electron chi connectivity index (χ3n) is 6.46. The Morgan fingerprint density at radius 3 is 2.73 bits per heavy atom. The third-order valence-corrected chi connectivity index (χ3v) is 6.46. The second-order valence-electron chi connectivity index (χ2n) is 9.05. The van der Waals surface area contributed by atoms with Gasteiger partial charge in [-0.3, -0.25) is 9.69 Å². The number of nitrogens with zero attached hydrogens (tertiary/aromatic N) is 4. The van der Waals surface area contributed by atoms with Crippen LogP contribution in [0, 0.1) is 0 Å². The first kappa shape index (κ1) is 23.2. The van der Waals surface area contributed by atoms with Crippen LogP contribution in [0.2, 0.25) is 0 Å². The first-order chi connectivity index (χ1) is 16.0. The van der Waals surface area contributed by atoms with Gasteiger partial charge in [-0.25, -0.2) is 9.97 Å². The van der Waals surface area contributed by atoms with E-state index in [2.05, 4.69) is 61.2 Å². The van der Waals surface area contributed by atoms with Crippen LogP contribution in [-0.2, 0) is 13.0 Å². The Morgan fingerprint density at radius 1 is 1.21 bits per heavy atom. The molecule has 0 spiro atoms. The maximum atomic E-state index is 12.6. The molecule has 1 atom stereocenters. The number of anilines is 1. The van der Waals surface area contributed by atoms with Gasteiger partial charge >= 0.3 is 0 Å². The lowest BCUT2D eigenvalue weighted by molar-refractivity contribution is 0.0838. The van der Waals surface area contributed by atoms with Crippen molar-refractivity contribution in [3.63, 3.8) is 0 Å². The molecule has 1 aromatic heterocycles. The molecule has 2 aliphatic rings. The Hall–Kier alpha value is -2.97. The minimum Gasteiger partial charge on any atom is -0.390 e. The van der Waals surface area contributed by atoms with Gasteiger partial charge in [0.05, 0.1) is 6.10 Å². The first-order valence-corrected chi connectivity index (χ1v) is 11.7. The molecule has 2 aromatic rings. The lowest BCUT2D eigenvalue weighted by atomic mass is 10.00. The molecule has 8 heteroatoms. The number of likely N-dealkylation sites (tertiary alicyclic amines) is 1. The summed E-state index contributed by atoms with van der Waals surface area (Å²) in [5.41, 5.74) is 4.09. The van der Waals surface area contributed by atoms with Gasteiger partial charge in [0.25, 0.3) is 5.91 Å². The Balaban J connectivity index is 1.23. The Labute approximate surface area is 195 Å². The van der Waals surface area contributed by atoms with Crippen LogP contribution in [-0.4, -0.2) is 75.7 Å². The summed E-state index contributed by atoms with van der Waals surface area (Å²) in [5, 5.41) is 16.7. The summed E-state index contributed by atoms with van der Waals surface area (Å²) in [7, 11) is 0. The van der Waals surface area contributed by atoms with Gasteiger partial charge < -0.3 is 20.6 Å². The molecular formula is C25H34N6O2. The number of hydrogen-bond donors (Lipinski definition) is 3. The molecular weight excluding hydrogens is 416 g/mol. The number of carbonyl (C=O) groups excluding carboxylic acids is 1. The highest BCUT2D eigenvalue weighted by Gasteiger charge is 2.21. The Kier molecular flexibility index (Phi) is 7.57. The summed E-state index contributed by atoms with van der Waals surface area (Å²) in [6.07, 6.45) is 3.73. The van der Waals surface area contributed by atoms with Gasteiger partial charge in [0.2, 0.25) is 0 Å². The molecule has 4 rings (SSSR count). The molecule has 0 radical (unpaired) electrons. The molecule has 176 valence electrons. The fourth-order valence-corrected chi connectivity index (χ4v) is 4.55. The largest absolute Gasteiger partial charge is 0.390 e. The summed E-state index contributed by atoms with van der Waals surface area (Å²) < 4.78 is 0. The average Bonchev–Trinajstić information content (AvgIpc) is 2.83. The number of carbonyl (C=O) groups is 1. The standard InChI is InChI=1S/C25H34N6O2/c1-18(2)31-11-8-21(9-12-31)29-24-13-23(27-17-28-24)25(33)26-14-22(32)16-30-10-7-19-5-3-4-6-20(19)15-30/h3-6,13,17,21-22,32H,1,7-12,14-16H2,2H3,(H,26,33)(H,27,28,29). The van der Waals surface area contributed by atoms with Crippen molar-refractivity contribution in [2.24, 2.45) is 0 Å². The van der Waals surface area contributed by atoms with E-state index in [0.29, 0.717) is 24.1 Å². The van der Waals surface area contributed by atoms with Gasteiger partial charge in [0.1, 0.15) is 17.8 Å². The number of aromatic nitrogens is 2. The number of piperidine rings is 1. The average molecular weight is 451 g/mol. The molecule has 1 aromatic carbocycles. The Bertz CT molecular complexity index is 973. The molecule has 1 unspecified atom stereocenters. The quantitative estimate of drug-likeness (QED) is 0.567. The van der Waals surface area contributed by atoms with Crippen LogP contribution < -0.4 is 10.6 Å². The van der Waals surface area contributed by atoms with Crippen LogP contribution in [0.15, 0.2) is 48.9 Å². The fourth-order valence-electron chi connectivity index (χ4n) is 4.55. The maximum absolute atomic E-state index is 12.6. The zero-order valence-corrected chi connectivity index (χ0v) is 19.3. The van der Waals surface area contributed by atoms with E-state index >= 15 is 0 Å². The highest BCUT2D eigenvalue weighted by molar-refractivity contribution is 5.92. The van der Waals surface area contributed by atoms with Crippen molar-refractivity contribution in [1.29, 1.82) is 0 Å². The lowest BCUT2D eigenvalue weighted by Crippen LogP contribution is -2.42. The van der Waals surface area contributed by atoms with Crippen LogP contribution in [0.3, 0.4) is 0 Å². The number of aliphatic hydroxyl groups excluding tert-OH is 1. The third kappa shape index (κ3) is 6.30. The molecule has 0 bridgehead atoms. The summed E-state index contributed by atoms with van der Waals surface area (Å²) in [4.78, 5) is 25.5.